The van der Waals surface area contributed by atoms with Crippen LogP contribution in [0.15, 0.2) is 18.2 Å². The van der Waals surface area contributed by atoms with Crippen LogP contribution in [0.2, 0.25) is 0 Å². The molecule has 1 aromatic rings. The number of aliphatic carboxylic acids is 1. The van der Waals surface area contributed by atoms with Gasteiger partial charge in [-0.1, -0.05) is 0 Å². The number of carbonyl (C=O) groups is 1. The van der Waals surface area contributed by atoms with E-state index in [1.165, 1.54) is 26.2 Å². The zero-order valence-corrected chi connectivity index (χ0v) is 9.95. The Kier molecular flexibility index (Phi) is 4.61. The Morgan fingerprint density at radius 2 is 2.17 bits per heavy atom. The summed E-state index contributed by atoms with van der Waals surface area (Å²) in [5, 5.41) is 19.3. The van der Waals surface area contributed by atoms with Gasteiger partial charge in [0.05, 0.1) is 24.7 Å². The molecule has 0 aromatic heterocycles. The number of nitrogens with zero attached hydrogens (tertiary/aromatic N) is 1. The van der Waals surface area contributed by atoms with Crippen molar-refractivity contribution in [3.8, 4) is 5.75 Å². The van der Waals surface area contributed by atoms with Crippen molar-refractivity contribution in [2.45, 2.75) is 19.6 Å². The highest BCUT2D eigenvalue weighted by atomic mass is 16.6. The standard InChI is InChI=1S/C11H13NO6/c1-7(11(13)14)18-6-8-3-9(12(15)16)5-10(4-8)17-2/h3-5,7H,6H2,1-2H3,(H,13,14). The number of nitro benzene ring substituents is 1. The van der Waals surface area contributed by atoms with E-state index in [9.17, 15) is 14.9 Å². The summed E-state index contributed by atoms with van der Waals surface area (Å²) in [7, 11) is 1.39. The van der Waals surface area contributed by atoms with Crippen molar-refractivity contribution < 1.29 is 24.3 Å². The van der Waals surface area contributed by atoms with Gasteiger partial charge in [0.15, 0.2) is 6.10 Å². The van der Waals surface area contributed by atoms with E-state index >= 15 is 0 Å². The minimum absolute atomic E-state index is 0.0362. The van der Waals surface area contributed by atoms with Gasteiger partial charge in [-0.2, -0.15) is 0 Å². The molecule has 7 nitrogen and oxygen atoms in total. The van der Waals surface area contributed by atoms with Crippen LogP contribution >= 0.6 is 0 Å². The number of methoxy groups -OCH3 is 1. The van der Waals surface area contributed by atoms with E-state index in [0.29, 0.717) is 11.3 Å². The lowest BCUT2D eigenvalue weighted by Gasteiger charge is -2.09. The summed E-state index contributed by atoms with van der Waals surface area (Å²) in [4.78, 5) is 20.7. The van der Waals surface area contributed by atoms with E-state index in [2.05, 4.69) is 0 Å². The molecule has 0 fully saturated rings. The van der Waals surface area contributed by atoms with E-state index in [0.717, 1.165) is 0 Å². The maximum Gasteiger partial charge on any atom is 0.332 e. The van der Waals surface area contributed by atoms with Gasteiger partial charge in [-0.3, -0.25) is 10.1 Å². The van der Waals surface area contributed by atoms with Crippen LogP contribution in [0.4, 0.5) is 5.69 Å². The quantitative estimate of drug-likeness (QED) is 0.612. The van der Waals surface area contributed by atoms with Gasteiger partial charge >= 0.3 is 5.97 Å². The molecular weight excluding hydrogens is 242 g/mol. The SMILES string of the molecule is COc1cc(COC(C)C(=O)O)cc([N+](=O)[O-])c1. The highest BCUT2D eigenvalue weighted by molar-refractivity contribution is 5.71. The monoisotopic (exact) mass is 255 g/mol. The van der Waals surface area contributed by atoms with Crippen molar-refractivity contribution in [2.75, 3.05) is 7.11 Å². The second-order valence-corrected chi connectivity index (χ2v) is 3.59. The molecule has 7 heteroatoms. The average Bonchev–Trinajstić information content (AvgIpc) is 2.35. The van der Waals surface area contributed by atoms with Gasteiger partial charge < -0.3 is 14.6 Å². The molecule has 18 heavy (non-hydrogen) atoms. The molecular formula is C11H13NO6. The molecule has 0 aliphatic heterocycles. The van der Waals surface area contributed by atoms with Crippen LogP contribution in [0.5, 0.6) is 5.75 Å². The molecule has 0 saturated heterocycles. The second kappa shape index (κ2) is 5.97. The summed E-state index contributed by atoms with van der Waals surface area (Å²) in [6, 6.07) is 4.16. The molecule has 0 aliphatic carbocycles. The zero-order chi connectivity index (χ0) is 13.7. The first-order valence-corrected chi connectivity index (χ1v) is 5.10. The first-order chi connectivity index (χ1) is 8.43. The third-order valence-corrected chi connectivity index (χ3v) is 2.25. The van der Waals surface area contributed by atoms with Gasteiger partial charge in [0.2, 0.25) is 0 Å². The smallest absolute Gasteiger partial charge is 0.332 e. The predicted octanol–water partition coefficient (Wildman–Crippen LogP) is 1.59. The lowest BCUT2D eigenvalue weighted by atomic mass is 10.2. The van der Waals surface area contributed by atoms with Gasteiger partial charge in [0.1, 0.15) is 5.75 Å². The predicted molar refractivity (Wildman–Crippen MR) is 61.5 cm³/mol. The molecule has 0 heterocycles. The van der Waals surface area contributed by atoms with Gasteiger partial charge in [0.25, 0.3) is 5.69 Å². The average molecular weight is 255 g/mol. The van der Waals surface area contributed by atoms with Crippen molar-refractivity contribution in [3.63, 3.8) is 0 Å². The maximum atomic E-state index is 10.7. The molecule has 0 radical (unpaired) electrons. The van der Waals surface area contributed by atoms with Crippen molar-refractivity contribution in [1.29, 1.82) is 0 Å². The summed E-state index contributed by atoms with van der Waals surface area (Å²) < 4.78 is 9.97. The number of hydrogen-bond donors (Lipinski definition) is 1. The molecule has 0 aliphatic rings. The fourth-order valence-corrected chi connectivity index (χ4v) is 1.24. The van der Waals surface area contributed by atoms with E-state index in [4.69, 9.17) is 14.6 Å². The molecule has 1 atom stereocenters. The normalized spacial score (nSPS) is 11.9. The van der Waals surface area contributed by atoms with Gasteiger partial charge in [-0.25, -0.2) is 4.79 Å². The van der Waals surface area contributed by atoms with Crippen LogP contribution in [-0.4, -0.2) is 29.2 Å². The number of rotatable bonds is 6. The van der Waals surface area contributed by atoms with Crippen LogP contribution in [0.3, 0.4) is 0 Å². The van der Waals surface area contributed by atoms with Crippen LogP contribution in [-0.2, 0) is 16.1 Å². The Balaban J connectivity index is 2.85. The summed E-state index contributed by atoms with van der Waals surface area (Å²) in [6.07, 6.45) is -0.977. The molecule has 98 valence electrons. The number of carboxylic acids is 1. The Morgan fingerprint density at radius 3 is 2.67 bits per heavy atom. The minimum atomic E-state index is -1.09. The fraction of sp³-hybridized carbons (Fsp3) is 0.364. The topological polar surface area (TPSA) is 98.9 Å². The Labute approximate surface area is 103 Å². The molecule has 1 N–H and O–H groups in total. The molecule has 0 bridgehead atoms. The van der Waals surface area contributed by atoms with Crippen LogP contribution in [0.1, 0.15) is 12.5 Å². The number of ether oxygens (including phenoxy) is 2. The Morgan fingerprint density at radius 1 is 1.50 bits per heavy atom. The van der Waals surface area contributed by atoms with Crippen LogP contribution in [0.25, 0.3) is 0 Å². The Bertz CT molecular complexity index is 459. The number of non-ortho nitro benzene ring substituents is 1. The van der Waals surface area contributed by atoms with Crippen molar-refractivity contribution in [2.24, 2.45) is 0 Å². The summed E-state index contributed by atoms with van der Waals surface area (Å²) in [5.74, 6) is -0.766. The number of benzene rings is 1. The van der Waals surface area contributed by atoms with Gasteiger partial charge in [0, 0.05) is 6.07 Å². The fourth-order valence-electron chi connectivity index (χ4n) is 1.24. The molecule has 0 saturated carbocycles. The number of nitro groups is 1. The third-order valence-electron chi connectivity index (χ3n) is 2.25. The second-order valence-electron chi connectivity index (χ2n) is 3.59. The van der Waals surface area contributed by atoms with E-state index in [1.54, 1.807) is 6.07 Å². The van der Waals surface area contributed by atoms with Crippen molar-refractivity contribution >= 4 is 11.7 Å². The molecule has 1 rings (SSSR count). The highest BCUT2D eigenvalue weighted by Crippen LogP contribution is 2.23. The van der Waals surface area contributed by atoms with Crippen molar-refractivity contribution in [3.05, 3.63) is 33.9 Å². The van der Waals surface area contributed by atoms with Crippen molar-refractivity contribution in [1.82, 2.24) is 0 Å². The highest BCUT2D eigenvalue weighted by Gasteiger charge is 2.14. The number of hydrogen-bond acceptors (Lipinski definition) is 5. The number of carboxylic acid groups (broad SMARTS) is 1. The molecule has 0 spiro atoms. The zero-order valence-electron chi connectivity index (χ0n) is 9.95. The van der Waals surface area contributed by atoms with E-state index < -0.39 is 17.0 Å². The lowest BCUT2D eigenvalue weighted by molar-refractivity contribution is -0.385. The lowest BCUT2D eigenvalue weighted by Crippen LogP contribution is -2.19. The first-order valence-electron chi connectivity index (χ1n) is 5.10. The summed E-state index contributed by atoms with van der Waals surface area (Å²) in [5.41, 5.74) is 0.352. The summed E-state index contributed by atoms with van der Waals surface area (Å²) >= 11 is 0. The van der Waals surface area contributed by atoms with Gasteiger partial charge in [-0.05, 0) is 18.6 Å². The third kappa shape index (κ3) is 3.70. The van der Waals surface area contributed by atoms with Crippen LogP contribution in [0, 0.1) is 10.1 Å². The Hall–Kier alpha value is -2.15. The molecule has 1 aromatic carbocycles. The van der Waals surface area contributed by atoms with Gasteiger partial charge in [-0.15, -0.1) is 0 Å². The van der Waals surface area contributed by atoms with E-state index in [-0.39, 0.29) is 12.3 Å². The van der Waals surface area contributed by atoms with E-state index in [1.807, 2.05) is 0 Å². The summed E-state index contributed by atoms with van der Waals surface area (Å²) in [6.45, 7) is 1.35. The maximum absolute atomic E-state index is 10.7. The molecule has 1 unspecified atom stereocenters. The van der Waals surface area contributed by atoms with Crippen LogP contribution < -0.4 is 4.74 Å². The molecule has 0 amide bonds. The largest absolute Gasteiger partial charge is 0.496 e. The first kappa shape index (κ1) is 13.9. The minimum Gasteiger partial charge on any atom is -0.496 e.